The summed E-state index contributed by atoms with van der Waals surface area (Å²) in [6.45, 7) is 0.995. The Kier molecular flexibility index (Phi) is 7.98. The number of likely N-dealkylation sites (N-methyl/N-ethyl adjacent to an activating group) is 1. The molecular formula is C28H29FN2O4. The van der Waals surface area contributed by atoms with Crippen LogP contribution in [0.2, 0.25) is 0 Å². The van der Waals surface area contributed by atoms with Crippen LogP contribution in [0.1, 0.15) is 23.1 Å². The first-order chi connectivity index (χ1) is 17.0. The van der Waals surface area contributed by atoms with E-state index < -0.39 is 11.9 Å². The van der Waals surface area contributed by atoms with Crippen LogP contribution in [-0.4, -0.2) is 43.0 Å². The molecule has 0 spiro atoms. The predicted molar refractivity (Wildman–Crippen MR) is 131 cm³/mol. The van der Waals surface area contributed by atoms with Crippen molar-refractivity contribution in [3.05, 3.63) is 95.3 Å². The maximum atomic E-state index is 14.5. The summed E-state index contributed by atoms with van der Waals surface area (Å²) in [5.74, 6) is 0.421. The molecule has 0 aromatic heterocycles. The number of aryl methyl sites for hydroxylation is 1. The number of carbonyl (C=O) groups is 2. The zero-order valence-electron chi connectivity index (χ0n) is 19.7. The van der Waals surface area contributed by atoms with Gasteiger partial charge in [0.15, 0.2) is 11.5 Å². The van der Waals surface area contributed by atoms with Gasteiger partial charge in [-0.2, -0.15) is 0 Å². The number of ether oxygens (including phenoxy) is 2. The predicted octanol–water partition coefficient (Wildman–Crippen LogP) is 3.92. The fraction of sp³-hybridized carbons (Fsp3) is 0.286. The van der Waals surface area contributed by atoms with Crippen LogP contribution in [0, 0.1) is 5.82 Å². The first-order valence-electron chi connectivity index (χ1n) is 11.7. The molecule has 2 amide bonds. The topological polar surface area (TPSA) is 67.9 Å². The molecule has 182 valence electrons. The number of fused-ring (bicyclic) bond motifs is 1. The Bertz CT molecular complexity index is 1170. The number of amides is 2. The van der Waals surface area contributed by atoms with E-state index >= 15 is 0 Å². The van der Waals surface area contributed by atoms with Crippen LogP contribution in [-0.2, 0) is 29.0 Å². The van der Waals surface area contributed by atoms with Crippen molar-refractivity contribution in [2.24, 2.45) is 0 Å². The maximum Gasteiger partial charge on any atom is 0.242 e. The molecule has 0 aliphatic carbocycles. The third kappa shape index (κ3) is 6.18. The maximum absolute atomic E-state index is 14.5. The van der Waals surface area contributed by atoms with E-state index in [1.54, 1.807) is 25.2 Å². The highest BCUT2D eigenvalue weighted by Gasteiger charge is 2.30. The minimum absolute atomic E-state index is 0.00241. The monoisotopic (exact) mass is 476 g/mol. The van der Waals surface area contributed by atoms with Crippen LogP contribution in [0.3, 0.4) is 0 Å². The number of nitrogens with zero attached hydrogens (tertiary/aromatic N) is 1. The fourth-order valence-electron chi connectivity index (χ4n) is 4.17. The Balaban J connectivity index is 1.57. The van der Waals surface area contributed by atoms with Crippen LogP contribution in [0.25, 0.3) is 0 Å². The second-order valence-electron chi connectivity index (χ2n) is 8.41. The molecular weight excluding hydrogens is 447 g/mol. The summed E-state index contributed by atoms with van der Waals surface area (Å²) >= 11 is 0. The summed E-state index contributed by atoms with van der Waals surface area (Å²) in [4.78, 5) is 28.0. The van der Waals surface area contributed by atoms with Gasteiger partial charge in [-0.3, -0.25) is 9.59 Å². The molecule has 7 heteroatoms. The lowest BCUT2D eigenvalue weighted by Crippen LogP contribution is -2.49. The summed E-state index contributed by atoms with van der Waals surface area (Å²) in [7, 11) is 1.54. The number of benzene rings is 3. The van der Waals surface area contributed by atoms with Crippen molar-refractivity contribution in [1.29, 1.82) is 0 Å². The van der Waals surface area contributed by atoms with E-state index in [2.05, 4.69) is 5.32 Å². The van der Waals surface area contributed by atoms with Crippen molar-refractivity contribution in [2.75, 3.05) is 20.3 Å². The van der Waals surface area contributed by atoms with Crippen LogP contribution in [0.15, 0.2) is 72.8 Å². The molecule has 1 heterocycles. The molecule has 35 heavy (non-hydrogen) atoms. The lowest BCUT2D eigenvalue weighted by Gasteiger charge is -2.31. The summed E-state index contributed by atoms with van der Waals surface area (Å²) in [6, 6.07) is 20.7. The third-order valence-corrected chi connectivity index (χ3v) is 6.05. The molecule has 4 rings (SSSR count). The van der Waals surface area contributed by atoms with E-state index in [0.717, 1.165) is 11.1 Å². The van der Waals surface area contributed by atoms with Crippen molar-refractivity contribution in [3.8, 4) is 11.5 Å². The minimum atomic E-state index is -0.783. The quantitative estimate of drug-likeness (QED) is 0.509. The van der Waals surface area contributed by atoms with E-state index in [9.17, 15) is 14.0 Å². The molecule has 1 atom stereocenters. The molecule has 1 N–H and O–H groups in total. The normalized spacial score (nSPS) is 13.1. The van der Waals surface area contributed by atoms with Gasteiger partial charge in [-0.15, -0.1) is 0 Å². The summed E-state index contributed by atoms with van der Waals surface area (Å²) in [5.41, 5.74) is 2.20. The molecule has 6 nitrogen and oxygen atoms in total. The van der Waals surface area contributed by atoms with E-state index in [4.69, 9.17) is 9.47 Å². The Morgan fingerprint density at radius 1 is 0.943 bits per heavy atom. The van der Waals surface area contributed by atoms with Crippen molar-refractivity contribution in [1.82, 2.24) is 10.2 Å². The summed E-state index contributed by atoms with van der Waals surface area (Å²) in [5, 5.41) is 2.67. The number of hydrogen-bond donors (Lipinski definition) is 1. The van der Waals surface area contributed by atoms with Crippen molar-refractivity contribution in [2.45, 2.75) is 31.8 Å². The van der Waals surface area contributed by atoms with Crippen molar-refractivity contribution in [3.63, 3.8) is 0 Å². The number of hydrogen-bond acceptors (Lipinski definition) is 4. The molecule has 0 saturated carbocycles. The number of carbonyl (C=O) groups excluding carboxylic acids is 2. The smallest absolute Gasteiger partial charge is 0.242 e. The summed E-state index contributed by atoms with van der Waals surface area (Å²) < 4.78 is 25.7. The Morgan fingerprint density at radius 2 is 1.66 bits per heavy atom. The van der Waals surface area contributed by atoms with Gasteiger partial charge in [-0.25, -0.2) is 4.39 Å². The average molecular weight is 477 g/mol. The number of nitrogens with one attached hydrogen (secondary N) is 1. The van der Waals surface area contributed by atoms with Gasteiger partial charge in [0, 0.05) is 32.0 Å². The standard InChI is InChI=1S/C28H29FN2O4/c1-30-28(33)24(17-20-7-3-2-4-8-20)31(19-22-9-5-6-10-23(22)29)27(32)14-12-21-11-13-25-26(18-21)35-16-15-34-25/h2-11,13,18,24H,12,14-17,19H2,1H3,(H,30,33)/t24-/m0/s1. The van der Waals surface area contributed by atoms with Crippen LogP contribution < -0.4 is 14.8 Å². The molecule has 0 radical (unpaired) electrons. The van der Waals surface area contributed by atoms with Crippen molar-refractivity contribution < 1.29 is 23.5 Å². The van der Waals surface area contributed by atoms with E-state index in [1.807, 2.05) is 48.5 Å². The van der Waals surface area contributed by atoms with Gasteiger partial charge in [0.1, 0.15) is 25.1 Å². The first-order valence-corrected chi connectivity index (χ1v) is 11.7. The Hall–Kier alpha value is -3.87. The number of halogens is 1. The van der Waals surface area contributed by atoms with E-state index in [0.29, 0.717) is 43.1 Å². The van der Waals surface area contributed by atoms with Gasteiger partial charge >= 0.3 is 0 Å². The fourth-order valence-corrected chi connectivity index (χ4v) is 4.17. The zero-order chi connectivity index (χ0) is 24.6. The first kappa shape index (κ1) is 24.3. The highest BCUT2D eigenvalue weighted by molar-refractivity contribution is 5.88. The average Bonchev–Trinajstić information content (AvgIpc) is 2.90. The van der Waals surface area contributed by atoms with Crippen molar-refractivity contribution >= 4 is 11.8 Å². The van der Waals surface area contributed by atoms with Gasteiger partial charge in [-0.05, 0) is 35.7 Å². The molecule has 3 aromatic rings. The van der Waals surface area contributed by atoms with Gasteiger partial charge < -0.3 is 19.7 Å². The molecule has 3 aromatic carbocycles. The molecule has 0 bridgehead atoms. The second kappa shape index (κ2) is 11.5. The number of rotatable bonds is 9. The summed E-state index contributed by atoms with van der Waals surface area (Å²) in [6.07, 6.45) is 0.941. The highest BCUT2D eigenvalue weighted by Crippen LogP contribution is 2.31. The zero-order valence-corrected chi connectivity index (χ0v) is 19.7. The molecule has 0 fully saturated rings. The lowest BCUT2D eigenvalue weighted by atomic mass is 10.0. The highest BCUT2D eigenvalue weighted by atomic mass is 19.1. The van der Waals surface area contributed by atoms with Gasteiger partial charge in [0.25, 0.3) is 0 Å². The van der Waals surface area contributed by atoms with Crippen LogP contribution in [0.5, 0.6) is 11.5 Å². The van der Waals surface area contributed by atoms with Gasteiger partial charge in [0.05, 0.1) is 0 Å². The second-order valence-corrected chi connectivity index (χ2v) is 8.41. The van der Waals surface area contributed by atoms with Crippen LogP contribution >= 0.6 is 0 Å². The molecule has 1 aliphatic heterocycles. The largest absolute Gasteiger partial charge is 0.486 e. The van der Waals surface area contributed by atoms with E-state index in [1.165, 1.54) is 11.0 Å². The Morgan fingerprint density at radius 3 is 2.40 bits per heavy atom. The van der Waals surface area contributed by atoms with E-state index in [-0.39, 0.29) is 24.8 Å². The lowest BCUT2D eigenvalue weighted by molar-refractivity contribution is -0.141. The molecule has 0 saturated heterocycles. The van der Waals surface area contributed by atoms with Gasteiger partial charge in [-0.1, -0.05) is 54.6 Å². The molecule has 0 unspecified atom stereocenters. The minimum Gasteiger partial charge on any atom is -0.486 e. The molecule has 1 aliphatic rings. The van der Waals surface area contributed by atoms with Crippen LogP contribution in [0.4, 0.5) is 4.39 Å². The third-order valence-electron chi connectivity index (χ3n) is 6.05. The van der Waals surface area contributed by atoms with Gasteiger partial charge in [0.2, 0.25) is 11.8 Å². The Labute approximate surface area is 204 Å². The SMILES string of the molecule is CNC(=O)[C@H](Cc1ccccc1)N(Cc1ccccc1F)C(=O)CCc1ccc2c(c1)OCCO2.